The lowest BCUT2D eigenvalue weighted by molar-refractivity contribution is 0.101. The van der Waals surface area contributed by atoms with Crippen LogP contribution >= 0.6 is 0 Å². The molecule has 31 heavy (non-hydrogen) atoms. The minimum Gasteiger partial charge on any atom is -0.486 e. The molecule has 0 bridgehead atoms. The summed E-state index contributed by atoms with van der Waals surface area (Å²) in [6.07, 6.45) is 0. The SMILES string of the molecule is O=C(Nc1ccc2c(c1)OCCO2)c1nc2c(nnn2Cc2ccc(F)cc2)c(=O)[nH]1. The number of rotatable bonds is 4. The van der Waals surface area contributed by atoms with Crippen molar-refractivity contribution in [1.29, 1.82) is 0 Å². The standard InChI is InChI=1S/C20H15FN6O4/c21-12-3-1-11(2-4-12)10-27-18-16(25-26-27)19(28)24-17(23-18)20(29)22-13-5-6-14-15(9-13)31-8-7-30-14/h1-6,9H,7-8,10H2,(H,22,29)(H,23,24,28). The molecule has 156 valence electrons. The van der Waals surface area contributed by atoms with Crippen molar-refractivity contribution in [2.24, 2.45) is 0 Å². The van der Waals surface area contributed by atoms with Crippen LogP contribution in [0.3, 0.4) is 0 Å². The second kappa shape index (κ2) is 7.52. The molecule has 0 atom stereocenters. The monoisotopic (exact) mass is 422 g/mol. The topological polar surface area (TPSA) is 124 Å². The minimum atomic E-state index is -0.620. The van der Waals surface area contributed by atoms with Gasteiger partial charge in [0.1, 0.15) is 19.0 Å². The van der Waals surface area contributed by atoms with Crippen molar-refractivity contribution in [3.8, 4) is 11.5 Å². The Kier molecular flexibility index (Phi) is 4.54. The van der Waals surface area contributed by atoms with E-state index in [4.69, 9.17) is 9.47 Å². The number of nitrogens with zero attached hydrogens (tertiary/aromatic N) is 4. The molecule has 4 aromatic rings. The van der Waals surface area contributed by atoms with Gasteiger partial charge in [0.25, 0.3) is 11.5 Å². The summed E-state index contributed by atoms with van der Waals surface area (Å²) < 4.78 is 25.5. The molecule has 0 spiro atoms. The number of benzene rings is 2. The van der Waals surface area contributed by atoms with Crippen LogP contribution in [0.15, 0.2) is 47.3 Å². The third-order valence-electron chi connectivity index (χ3n) is 4.63. The molecule has 1 aliphatic rings. The minimum absolute atomic E-state index is 0.00186. The summed E-state index contributed by atoms with van der Waals surface area (Å²) in [5.74, 6) is -0.0735. The number of hydrogen-bond donors (Lipinski definition) is 2. The van der Waals surface area contributed by atoms with Crippen molar-refractivity contribution in [3.05, 3.63) is 70.0 Å². The molecule has 0 aliphatic carbocycles. The second-order valence-corrected chi connectivity index (χ2v) is 6.77. The summed E-state index contributed by atoms with van der Waals surface area (Å²) in [7, 11) is 0. The van der Waals surface area contributed by atoms with Crippen molar-refractivity contribution in [3.63, 3.8) is 0 Å². The van der Waals surface area contributed by atoms with E-state index in [2.05, 4.69) is 25.6 Å². The number of anilines is 1. The Hall–Kier alpha value is -4.28. The van der Waals surface area contributed by atoms with E-state index in [1.807, 2.05) is 0 Å². The first-order chi connectivity index (χ1) is 15.1. The average Bonchev–Trinajstić information content (AvgIpc) is 3.18. The van der Waals surface area contributed by atoms with Gasteiger partial charge in [-0.25, -0.2) is 14.1 Å². The highest BCUT2D eigenvalue weighted by atomic mass is 19.1. The van der Waals surface area contributed by atoms with Crippen LogP contribution in [0.5, 0.6) is 11.5 Å². The lowest BCUT2D eigenvalue weighted by atomic mass is 10.2. The van der Waals surface area contributed by atoms with Crippen LogP contribution in [0.2, 0.25) is 0 Å². The Balaban J connectivity index is 1.43. The molecule has 3 heterocycles. The highest BCUT2D eigenvalue weighted by molar-refractivity contribution is 6.02. The summed E-state index contributed by atoms with van der Waals surface area (Å²) >= 11 is 0. The first-order valence-electron chi connectivity index (χ1n) is 9.36. The molecule has 0 saturated heterocycles. The normalized spacial score (nSPS) is 12.7. The summed E-state index contributed by atoms with van der Waals surface area (Å²) in [6.45, 7) is 1.08. The molecule has 5 rings (SSSR count). The number of carbonyl (C=O) groups is 1. The van der Waals surface area contributed by atoms with Gasteiger partial charge in [-0.2, -0.15) is 0 Å². The van der Waals surface area contributed by atoms with Gasteiger partial charge >= 0.3 is 0 Å². The molecule has 0 unspecified atom stereocenters. The van der Waals surface area contributed by atoms with Crippen molar-refractivity contribution >= 4 is 22.8 Å². The van der Waals surface area contributed by atoms with E-state index in [0.717, 1.165) is 5.56 Å². The summed E-state index contributed by atoms with van der Waals surface area (Å²) in [4.78, 5) is 31.7. The van der Waals surface area contributed by atoms with Gasteiger partial charge < -0.3 is 19.8 Å². The quantitative estimate of drug-likeness (QED) is 0.513. The lowest BCUT2D eigenvalue weighted by Crippen LogP contribution is -2.22. The van der Waals surface area contributed by atoms with Crippen LogP contribution in [0.25, 0.3) is 11.2 Å². The van der Waals surface area contributed by atoms with E-state index in [1.54, 1.807) is 30.3 Å². The number of amides is 1. The molecule has 2 aromatic carbocycles. The van der Waals surface area contributed by atoms with Gasteiger partial charge in [0.2, 0.25) is 5.82 Å². The molecule has 2 N–H and O–H groups in total. The number of carbonyl (C=O) groups excluding carboxylic acids is 1. The van der Waals surface area contributed by atoms with Crippen LogP contribution in [0.1, 0.15) is 16.2 Å². The number of H-pyrrole nitrogens is 1. The highest BCUT2D eigenvalue weighted by Crippen LogP contribution is 2.32. The van der Waals surface area contributed by atoms with E-state index >= 15 is 0 Å². The van der Waals surface area contributed by atoms with Crippen LogP contribution in [-0.2, 0) is 6.54 Å². The number of ether oxygens (including phenoxy) is 2. The van der Waals surface area contributed by atoms with Gasteiger partial charge in [-0.05, 0) is 29.8 Å². The fraction of sp³-hybridized carbons (Fsp3) is 0.150. The zero-order valence-corrected chi connectivity index (χ0v) is 16.0. The van der Waals surface area contributed by atoms with E-state index in [0.29, 0.717) is 30.4 Å². The summed E-state index contributed by atoms with van der Waals surface area (Å²) in [6, 6.07) is 10.8. The van der Waals surface area contributed by atoms with E-state index < -0.39 is 11.5 Å². The van der Waals surface area contributed by atoms with Crippen LogP contribution in [0, 0.1) is 5.82 Å². The fourth-order valence-corrected chi connectivity index (χ4v) is 3.15. The third kappa shape index (κ3) is 3.68. The zero-order valence-electron chi connectivity index (χ0n) is 16.0. The maximum Gasteiger partial charge on any atom is 0.291 e. The first-order valence-corrected chi connectivity index (χ1v) is 9.36. The lowest BCUT2D eigenvalue weighted by Gasteiger charge is -2.18. The maximum atomic E-state index is 13.1. The Morgan fingerprint density at radius 1 is 1.13 bits per heavy atom. The Morgan fingerprint density at radius 2 is 1.90 bits per heavy atom. The molecular formula is C20H15FN6O4. The van der Waals surface area contributed by atoms with E-state index in [9.17, 15) is 14.0 Å². The fourth-order valence-electron chi connectivity index (χ4n) is 3.15. The van der Waals surface area contributed by atoms with Gasteiger partial charge in [0.15, 0.2) is 22.7 Å². The number of hydrogen-bond acceptors (Lipinski definition) is 7. The van der Waals surface area contributed by atoms with Gasteiger partial charge in [0.05, 0.1) is 6.54 Å². The number of fused-ring (bicyclic) bond motifs is 2. The number of aromatic nitrogens is 5. The van der Waals surface area contributed by atoms with Gasteiger partial charge in [-0.15, -0.1) is 5.10 Å². The molecule has 1 amide bonds. The molecule has 0 fully saturated rings. The molecule has 0 radical (unpaired) electrons. The van der Waals surface area contributed by atoms with E-state index in [-0.39, 0.29) is 29.4 Å². The number of nitrogens with one attached hydrogen (secondary N) is 2. The summed E-state index contributed by atoms with van der Waals surface area (Å²) in [5.41, 5.74) is 0.730. The van der Waals surface area contributed by atoms with Crippen molar-refractivity contribution < 1.29 is 18.7 Å². The predicted octanol–water partition coefficient (Wildman–Crippen LogP) is 1.73. The van der Waals surface area contributed by atoms with Crippen LogP contribution in [0.4, 0.5) is 10.1 Å². The average molecular weight is 422 g/mol. The molecule has 0 saturated carbocycles. The van der Waals surface area contributed by atoms with Crippen molar-refractivity contribution in [2.75, 3.05) is 18.5 Å². The number of halogens is 1. The van der Waals surface area contributed by atoms with Crippen molar-refractivity contribution in [1.82, 2.24) is 25.0 Å². The first kappa shape index (κ1) is 18.7. The van der Waals surface area contributed by atoms with Crippen LogP contribution in [-0.4, -0.2) is 44.1 Å². The Morgan fingerprint density at radius 3 is 2.71 bits per heavy atom. The summed E-state index contributed by atoms with van der Waals surface area (Å²) in [5, 5.41) is 10.4. The third-order valence-corrected chi connectivity index (χ3v) is 4.63. The van der Waals surface area contributed by atoms with E-state index in [1.165, 1.54) is 16.8 Å². The van der Waals surface area contributed by atoms with Gasteiger partial charge in [-0.3, -0.25) is 9.59 Å². The number of aromatic amines is 1. The van der Waals surface area contributed by atoms with Crippen molar-refractivity contribution in [2.45, 2.75) is 6.54 Å². The Labute approximate surface area is 173 Å². The molecule has 2 aromatic heterocycles. The molecule has 11 heteroatoms. The predicted molar refractivity (Wildman–Crippen MR) is 107 cm³/mol. The highest BCUT2D eigenvalue weighted by Gasteiger charge is 2.18. The largest absolute Gasteiger partial charge is 0.486 e. The smallest absolute Gasteiger partial charge is 0.291 e. The molecular weight excluding hydrogens is 407 g/mol. The molecule has 10 nitrogen and oxygen atoms in total. The van der Waals surface area contributed by atoms with Crippen LogP contribution < -0.4 is 20.3 Å². The van der Waals surface area contributed by atoms with Gasteiger partial charge in [0, 0.05) is 11.8 Å². The molecule has 1 aliphatic heterocycles. The zero-order chi connectivity index (χ0) is 21.4. The van der Waals surface area contributed by atoms with Gasteiger partial charge in [-0.1, -0.05) is 17.3 Å². The maximum absolute atomic E-state index is 13.1. The second-order valence-electron chi connectivity index (χ2n) is 6.77. The Bertz CT molecular complexity index is 1350.